The Morgan fingerprint density at radius 1 is 1.05 bits per heavy atom. The molecule has 1 aliphatic heterocycles. The largest absolute Gasteiger partial charge is 0.469 e. The Kier molecular flexibility index (Phi) is 13.1. The van der Waals surface area contributed by atoms with E-state index in [1.165, 1.54) is 13.5 Å². The van der Waals surface area contributed by atoms with Gasteiger partial charge >= 0.3 is 12.1 Å². The summed E-state index contributed by atoms with van der Waals surface area (Å²) < 4.78 is 9.52. The average molecular weight is 303 g/mol. The standard InChI is InChI=1S/C10H19NO2.C4H8O2.C2H6/c1-10(2,3)13-9(12)11-7-5-4-6-8-11;1-3-4(5)6-2;1-2/h4-8H2,1-3H3;3H2,1-2H3;1-2H3. The Bertz CT molecular complexity index is 272. The molecule has 5 heteroatoms. The third kappa shape index (κ3) is 13.5. The predicted molar refractivity (Wildman–Crippen MR) is 85.3 cm³/mol. The second kappa shape index (κ2) is 12.5. The number of rotatable bonds is 1. The molecule has 0 unspecified atom stereocenters. The van der Waals surface area contributed by atoms with Gasteiger partial charge in [-0.3, -0.25) is 4.79 Å². The van der Waals surface area contributed by atoms with Gasteiger partial charge in [0.25, 0.3) is 0 Å². The number of ether oxygens (including phenoxy) is 2. The molecule has 0 aromatic carbocycles. The molecule has 0 N–H and O–H groups in total. The summed E-state index contributed by atoms with van der Waals surface area (Å²) in [5.74, 6) is -0.157. The number of piperidine rings is 1. The van der Waals surface area contributed by atoms with Gasteiger partial charge in [-0.2, -0.15) is 0 Å². The number of hydrogen-bond acceptors (Lipinski definition) is 4. The maximum atomic E-state index is 11.5. The van der Waals surface area contributed by atoms with Crippen LogP contribution in [0.5, 0.6) is 0 Å². The Hall–Kier alpha value is -1.26. The lowest BCUT2D eigenvalue weighted by Crippen LogP contribution is -2.39. The van der Waals surface area contributed by atoms with Crippen LogP contribution in [0.1, 0.15) is 67.2 Å². The molecule has 21 heavy (non-hydrogen) atoms. The molecule has 0 radical (unpaired) electrons. The van der Waals surface area contributed by atoms with Crippen molar-refractivity contribution >= 4 is 12.1 Å². The van der Waals surface area contributed by atoms with E-state index in [0.29, 0.717) is 6.42 Å². The van der Waals surface area contributed by atoms with Crippen LogP contribution in [-0.2, 0) is 14.3 Å². The molecule has 126 valence electrons. The van der Waals surface area contributed by atoms with E-state index in [2.05, 4.69) is 4.74 Å². The van der Waals surface area contributed by atoms with Crippen molar-refractivity contribution in [3.05, 3.63) is 0 Å². The van der Waals surface area contributed by atoms with Crippen LogP contribution in [0.25, 0.3) is 0 Å². The fourth-order valence-electron chi connectivity index (χ4n) is 1.55. The van der Waals surface area contributed by atoms with Crippen LogP contribution < -0.4 is 0 Å². The summed E-state index contributed by atoms with van der Waals surface area (Å²) in [6, 6.07) is 0. The minimum absolute atomic E-state index is 0.157. The van der Waals surface area contributed by atoms with E-state index in [1.54, 1.807) is 11.8 Å². The van der Waals surface area contributed by atoms with Crippen LogP contribution in [-0.4, -0.2) is 42.8 Å². The molecule has 0 atom stereocenters. The molecule has 1 saturated heterocycles. The lowest BCUT2D eigenvalue weighted by Gasteiger charge is -2.29. The molecule has 0 spiro atoms. The summed E-state index contributed by atoms with van der Waals surface area (Å²) in [4.78, 5) is 23.3. The van der Waals surface area contributed by atoms with Crippen molar-refractivity contribution in [2.45, 2.75) is 72.8 Å². The fourth-order valence-corrected chi connectivity index (χ4v) is 1.55. The third-order valence-corrected chi connectivity index (χ3v) is 2.52. The van der Waals surface area contributed by atoms with Gasteiger partial charge in [-0.25, -0.2) is 4.79 Å². The van der Waals surface area contributed by atoms with Crippen LogP contribution in [0.15, 0.2) is 0 Å². The minimum Gasteiger partial charge on any atom is -0.469 e. The average Bonchev–Trinajstić information content (AvgIpc) is 2.48. The number of nitrogens with zero attached hydrogens (tertiary/aromatic N) is 1. The summed E-state index contributed by atoms with van der Waals surface area (Å²) in [6.45, 7) is 13.2. The van der Waals surface area contributed by atoms with Crippen molar-refractivity contribution in [3.8, 4) is 0 Å². The third-order valence-electron chi connectivity index (χ3n) is 2.52. The van der Waals surface area contributed by atoms with Crippen LogP contribution in [0, 0.1) is 0 Å². The van der Waals surface area contributed by atoms with E-state index in [-0.39, 0.29) is 17.7 Å². The molecule has 1 aliphatic rings. The SMILES string of the molecule is CC.CC(C)(C)OC(=O)N1CCCCC1.CCC(=O)OC. The topological polar surface area (TPSA) is 55.8 Å². The molecule has 0 aromatic heterocycles. The first kappa shape index (κ1) is 22.0. The van der Waals surface area contributed by atoms with Crippen molar-refractivity contribution in [2.75, 3.05) is 20.2 Å². The van der Waals surface area contributed by atoms with Gasteiger partial charge in [0.05, 0.1) is 7.11 Å². The number of likely N-dealkylation sites (tertiary alicyclic amines) is 1. The number of carbonyl (C=O) groups excluding carboxylic acids is 2. The number of hydrogen-bond donors (Lipinski definition) is 0. The summed E-state index contributed by atoms with van der Waals surface area (Å²) in [5.41, 5.74) is -0.367. The monoisotopic (exact) mass is 303 g/mol. The van der Waals surface area contributed by atoms with Gasteiger partial charge in [0, 0.05) is 19.5 Å². The normalized spacial score (nSPS) is 14.0. The highest BCUT2D eigenvalue weighted by molar-refractivity contribution is 5.68. The Morgan fingerprint density at radius 3 is 1.81 bits per heavy atom. The number of amides is 1. The van der Waals surface area contributed by atoms with Crippen molar-refractivity contribution in [1.82, 2.24) is 4.90 Å². The molecule has 1 fully saturated rings. The van der Waals surface area contributed by atoms with Crippen molar-refractivity contribution in [1.29, 1.82) is 0 Å². The Morgan fingerprint density at radius 2 is 1.52 bits per heavy atom. The Balaban J connectivity index is 0. The zero-order valence-electron chi connectivity index (χ0n) is 14.8. The van der Waals surface area contributed by atoms with E-state index >= 15 is 0 Å². The molecule has 0 saturated carbocycles. The molecule has 0 aromatic rings. The van der Waals surface area contributed by atoms with E-state index in [1.807, 2.05) is 34.6 Å². The highest BCUT2D eigenvalue weighted by Gasteiger charge is 2.22. The summed E-state index contributed by atoms with van der Waals surface area (Å²) in [7, 11) is 1.38. The van der Waals surface area contributed by atoms with Crippen LogP contribution in [0.4, 0.5) is 4.79 Å². The number of esters is 1. The van der Waals surface area contributed by atoms with E-state index in [4.69, 9.17) is 4.74 Å². The summed E-state index contributed by atoms with van der Waals surface area (Å²) >= 11 is 0. The second-order valence-corrected chi connectivity index (χ2v) is 5.46. The van der Waals surface area contributed by atoms with E-state index < -0.39 is 0 Å². The molecule has 5 nitrogen and oxygen atoms in total. The lowest BCUT2D eigenvalue weighted by atomic mass is 10.1. The summed E-state index contributed by atoms with van der Waals surface area (Å²) in [6.07, 6.45) is 3.76. The number of carbonyl (C=O) groups is 2. The quantitative estimate of drug-likeness (QED) is 0.687. The predicted octanol–water partition coefficient (Wildman–Crippen LogP) is 4.00. The maximum Gasteiger partial charge on any atom is 0.410 e. The van der Waals surface area contributed by atoms with Gasteiger partial charge in [0.15, 0.2) is 0 Å². The molecular formula is C16H33NO4. The van der Waals surface area contributed by atoms with Gasteiger partial charge in [-0.1, -0.05) is 20.8 Å². The minimum atomic E-state index is -0.367. The highest BCUT2D eigenvalue weighted by atomic mass is 16.6. The maximum absolute atomic E-state index is 11.5. The van der Waals surface area contributed by atoms with Crippen molar-refractivity contribution in [2.24, 2.45) is 0 Å². The number of methoxy groups -OCH3 is 1. The van der Waals surface area contributed by atoms with Crippen LogP contribution >= 0.6 is 0 Å². The van der Waals surface area contributed by atoms with Gasteiger partial charge in [-0.05, 0) is 40.0 Å². The lowest BCUT2D eigenvalue weighted by molar-refractivity contribution is -0.140. The summed E-state index contributed by atoms with van der Waals surface area (Å²) in [5, 5.41) is 0. The van der Waals surface area contributed by atoms with E-state index in [9.17, 15) is 9.59 Å². The fraction of sp³-hybridized carbons (Fsp3) is 0.875. The molecular weight excluding hydrogens is 270 g/mol. The zero-order valence-corrected chi connectivity index (χ0v) is 14.8. The van der Waals surface area contributed by atoms with Crippen molar-refractivity contribution < 1.29 is 19.1 Å². The molecule has 0 bridgehead atoms. The van der Waals surface area contributed by atoms with Gasteiger partial charge < -0.3 is 14.4 Å². The van der Waals surface area contributed by atoms with E-state index in [0.717, 1.165) is 25.9 Å². The smallest absolute Gasteiger partial charge is 0.410 e. The van der Waals surface area contributed by atoms with Gasteiger partial charge in [-0.15, -0.1) is 0 Å². The molecule has 1 amide bonds. The highest BCUT2D eigenvalue weighted by Crippen LogP contribution is 2.14. The van der Waals surface area contributed by atoms with Crippen LogP contribution in [0.3, 0.4) is 0 Å². The second-order valence-electron chi connectivity index (χ2n) is 5.46. The zero-order chi connectivity index (χ0) is 16.9. The molecule has 1 heterocycles. The van der Waals surface area contributed by atoms with Gasteiger partial charge in [0.2, 0.25) is 0 Å². The molecule has 1 rings (SSSR count). The van der Waals surface area contributed by atoms with Gasteiger partial charge in [0.1, 0.15) is 5.60 Å². The first-order valence-corrected chi connectivity index (χ1v) is 7.85. The Labute approximate surface area is 130 Å². The van der Waals surface area contributed by atoms with Crippen LogP contribution in [0.2, 0.25) is 0 Å². The first-order valence-electron chi connectivity index (χ1n) is 7.85. The molecule has 0 aliphatic carbocycles. The van der Waals surface area contributed by atoms with Crippen molar-refractivity contribution in [3.63, 3.8) is 0 Å². The first-order chi connectivity index (χ1) is 9.80.